The lowest BCUT2D eigenvalue weighted by Crippen LogP contribution is -2.33. The second-order valence-electron chi connectivity index (χ2n) is 8.64. The second-order valence-corrected chi connectivity index (χ2v) is 11.1. The molecule has 1 aliphatic carbocycles. The van der Waals surface area contributed by atoms with Gasteiger partial charge in [-0.25, -0.2) is 18.4 Å². The van der Waals surface area contributed by atoms with Crippen LogP contribution < -0.4 is 14.2 Å². The normalized spacial score (nSPS) is 15.9. The number of rotatable bonds is 11. The van der Waals surface area contributed by atoms with Crippen molar-refractivity contribution in [2.24, 2.45) is 5.92 Å². The summed E-state index contributed by atoms with van der Waals surface area (Å²) in [6.07, 6.45) is 8.05. The Labute approximate surface area is 220 Å². The van der Waals surface area contributed by atoms with E-state index < -0.39 is 21.4 Å². The molecule has 0 amide bonds. The predicted molar refractivity (Wildman–Crippen MR) is 135 cm³/mol. The molecule has 0 aromatic carbocycles. The number of aromatic nitrogens is 7. The maximum atomic E-state index is 13.5. The molecule has 0 saturated heterocycles. The van der Waals surface area contributed by atoms with Gasteiger partial charge in [-0.3, -0.25) is 9.29 Å². The Hall–Kier alpha value is -3.10. The zero-order valence-electron chi connectivity index (χ0n) is 21.0. The van der Waals surface area contributed by atoms with E-state index in [1.807, 2.05) is 0 Å². The zero-order chi connectivity index (χ0) is 26.6. The van der Waals surface area contributed by atoms with E-state index in [2.05, 4.69) is 34.9 Å². The molecule has 0 radical (unpaired) electrons. The first-order valence-electron chi connectivity index (χ1n) is 11.7. The van der Waals surface area contributed by atoms with Crippen LogP contribution in [-0.2, 0) is 21.2 Å². The monoisotopic (exact) mass is 552 g/mol. The molecule has 2 atom stereocenters. The molecule has 200 valence electrons. The summed E-state index contributed by atoms with van der Waals surface area (Å²) in [5.41, 5.74) is 0.292. The van der Waals surface area contributed by atoms with Gasteiger partial charge in [-0.1, -0.05) is 37.3 Å². The SMILES string of the molecule is COc1ncnc(OC)c1-n1c(CC2CCCC2)nnc1NS(=O)(=O)[C@@H](C)[C@H](OC)c1ncc(Cl)cn1. The summed E-state index contributed by atoms with van der Waals surface area (Å²) >= 11 is 5.88. The summed E-state index contributed by atoms with van der Waals surface area (Å²) in [6, 6.07) is 0. The summed E-state index contributed by atoms with van der Waals surface area (Å²) in [4.78, 5) is 16.6. The molecule has 1 aliphatic rings. The Kier molecular flexibility index (Phi) is 8.39. The van der Waals surface area contributed by atoms with E-state index in [-0.39, 0.29) is 23.5 Å². The third-order valence-corrected chi connectivity index (χ3v) is 8.23. The van der Waals surface area contributed by atoms with E-state index >= 15 is 0 Å². The fraction of sp³-hybridized carbons (Fsp3) is 0.545. The molecule has 13 nitrogen and oxygen atoms in total. The number of halogens is 1. The molecule has 3 aromatic rings. The van der Waals surface area contributed by atoms with Crippen LogP contribution in [0.15, 0.2) is 18.7 Å². The second kappa shape index (κ2) is 11.5. The topological polar surface area (TPSA) is 156 Å². The highest BCUT2D eigenvalue weighted by Gasteiger charge is 2.35. The van der Waals surface area contributed by atoms with E-state index in [9.17, 15) is 8.42 Å². The van der Waals surface area contributed by atoms with Gasteiger partial charge in [0, 0.05) is 25.9 Å². The predicted octanol–water partition coefficient (Wildman–Crippen LogP) is 2.77. The fourth-order valence-electron chi connectivity index (χ4n) is 4.42. The van der Waals surface area contributed by atoms with Crippen LogP contribution in [0.25, 0.3) is 5.69 Å². The Balaban J connectivity index is 1.75. The van der Waals surface area contributed by atoms with Crippen LogP contribution in [0.3, 0.4) is 0 Å². The van der Waals surface area contributed by atoms with Crippen molar-refractivity contribution in [3.63, 3.8) is 0 Å². The van der Waals surface area contributed by atoms with Crippen molar-refractivity contribution < 1.29 is 22.6 Å². The van der Waals surface area contributed by atoms with Crippen LogP contribution in [0.4, 0.5) is 5.95 Å². The molecule has 0 unspecified atom stereocenters. The van der Waals surface area contributed by atoms with Crippen LogP contribution in [0.2, 0.25) is 5.02 Å². The van der Waals surface area contributed by atoms with Crippen molar-refractivity contribution in [1.82, 2.24) is 34.7 Å². The fourth-order valence-corrected chi connectivity index (χ4v) is 5.65. The third kappa shape index (κ3) is 5.75. The Morgan fingerprint density at radius 1 is 1.05 bits per heavy atom. The van der Waals surface area contributed by atoms with Crippen LogP contribution in [0.1, 0.15) is 50.4 Å². The van der Waals surface area contributed by atoms with Gasteiger partial charge in [0.2, 0.25) is 27.7 Å². The number of nitrogens with zero attached hydrogens (tertiary/aromatic N) is 7. The highest BCUT2D eigenvalue weighted by Crippen LogP contribution is 2.35. The number of sulfonamides is 1. The highest BCUT2D eigenvalue weighted by molar-refractivity contribution is 7.93. The van der Waals surface area contributed by atoms with E-state index in [4.69, 9.17) is 25.8 Å². The summed E-state index contributed by atoms with van der Waals surface area (Å²) in [5.74, 6) is 1.40. The minimum atomic E-state index is -4.10. The van der Waals surface area contributed by atoms with Gasteiger partial charge in [-0.2, -0.15) is 9.97 Å². The van der Waals surface area contributed by atoms with E-state index in [0.717, 1.165) is 25.7 Å². The van der Waals surface area contributed by atoms with Gasteiger partial charge in [0.25, 0.3) is 0 Å². The van der Waals surface area contributed by atoms with Crippen molar-refractivity contribution >= 4 is 27.6 Å². The lowest BCUT2D eigenvalue weighted by molar-refractivity contribution is 0.0950. The standard InChI is InChI=1S/C22H29ClN8O5S/c1-13(18(34-2)19-24-10-15(23)11-25-19)37(32,33)30-22-29-28-16(9-14-7-5-6-8-14)31(22)17-20(35-3)26-12-27-21(17)36-4/h10-14,18H,5-9H2,1-4H3,(H,29,30)/t13-,18-/m0/s1. The van der Waals surface area contributed by atoms with Crippen LogP contribution in [0.5, 0.6) is 11.8 Å². The largest absolute Gasteiger partial charge is 0.479 e. The van der Waals surface area contributed by atoms with Crippen molar-refractivity contribution in [2.75, 3.05) is 26.1 Å². The van der Waals surface area contributed by atoms with Gasteiger partial charge in [0.15, 0.2) is 11.5 Å². The molecule has 0 spiro atoms. The van der Waals surface area contributed by atoms with Crippen molar-refractivity contribution in [1.29, 1.82) is 0 Å². The molecule has 1 fully saturated rings. The average molecular weight is 553 g/mol. The molecular formula is C22H29ClN8O5S. The van der Waals surface area contributed by atoms with Gasteiger partial charge in [-0.05, 0) is 12.8 Å². The summed E-state index contributed by atoms with van der Waals surface area (Å²) < 4.78 is 47.6. The number of hydrogen-bond donors (Lipinski definition) is 1. The summed E-state index contributed by atoms with van der Waals surface area (Å²) in [6.45, 7) is 1.49. The molecule has 0 bridgehead atoms. The molecule has 4 rings (SSSR count). The average Bonchev–Trinajstić information content (AvgIpc) is 3.55. The van der Waals surface area contributed by atoms with Gasteiger partial charge < -0.3 is 14.2 Å². The first-order chi connectivity index (χ1) is 17.8. The Morgan fingerprint density at radius 2 is 1.68 bits per heavy atom. The van der Waals surface area contributed by atoms with Crippen LogP contribution in [-0.4, -0.2) is 69.7 Å². The number of anilines is 1. The maximum Gasteiger partial charge on any atom is 0.245 e. The summed E-state index contributed by atoms with van der Waals surface area (Å²) in [5, 5.41) is 7.73. The maximum absolute atomic E-state index is 13.5. The minimum Gasteiger partial charge on any atom is -0.479 e. The lowest BCUT2D eigenvalue weighted by atomic mass is 10.0. The zero-order valence-corrected chi connectivity index (χ0v) is 22.5. The molecule has 15 heteroatoms. The molecule has 0 aliphatic heterocycles. The van der Waals surface area contributed by atoms with Crippen LogP contribution >= 0.6 is 11.6 Å². The smallest absolute Gasteiger partial charge is 0.245 e. The first kappa shape index (κ1) is 26.9. The van der Waals surface area contributed by atoms with Crippen molar-refractivity contribution in [2.45, 2.75) is 50.4 Å². The summed E-state index contributed by atoms with van der Waals surface area (Å²) in [7, 11) is 0.186. The van der Waals surface area contributed by atoms with E-state index in [1.54, 1.807) is 4.57 Å². The van der Waals surface area contributed by atoms with Crippen molar-refractivity contribution in [3.05, 3.63) is 35.4 Å². The van der Waals surface area contributed by atoms with Gasteiger partial charge in [0.1, 0.15) is 23.5 Å². The third-order valence-electron chi connectivity index (χ3n) is 6.34. The molecule has 1 saturated carbocycles. The van der Waals surface area contributed by atoms with Gasteiger partial charge in [0.05, 0.1) is 19.2 Å². The number of ether oxygens (including phenoxy) is 3. The highest BCUT2D eigenvalue weighted by atomic mass is 35.5. The Bertz CT molecular complexity index is 1290. The Morgan fingerprint density at radius 3 is 2.24 bits per heavy atom. The lowest BCUT2D eigenvalue weighted by Gasteiger charge is -2.22. The molecule has 3 heterocycles. The minimum absolute atomic E-state index is 0.0573. The quantitative estimate of drug-likeness (QED) is 0.373. The van der Waals surface area contributed by atoms with Crippen molar-refractivity contribution in [3.8, 4) is 17.4 Å². The number of nitrogens with one attached hydrogen (secondary N) is 1. The number of methoxy groups -OCH3 is 3. The van der Waals surface area contributed by atoms with Gasteiger partial charge >= 0.3 is 0 Å². The number of hydrogen-bond acceptors (Lipinski definition) is 11. The molecular weight excluding hydrogens is 524 g/mol. The molecule has 1 N–H and O–H groups in total. The molecule has 3 aromatic heterocycles. The first-order valence-corrected chi connectivity index (χ1v) is 13.6. The van der Waals surface area contributed by atoms with Gasteiger partial charge in [-0.15, -0.1) is 10.2 Å². The van der Waals surface area contributed by atoms with Crippen LogP contribution in [0, 0.1) is 5.92 Å². The molecule has 37 heavy (non-hydrogen) atoms. The van der Waals surface area contributed by atoms with E-state index in [0.29, 0.717) is 28.9 Å². The van der Waals surface area contributed by atoms with E-state index in [1.165, 1.54) is 47.0 Å².